The summed E-state index contributed by atoms with van der Waals surface area (Å²) in [7, 11) is 0. The fraction of sp³-hybridized carbons (Fsp3) is 0.893. The average Bonchev–Trinajstić information content (AvgIpc) is 2.77. The monoisotopic (exact) mass is 498 g/mol. The largest absolute Gasteiger partial charge is 0.464 e. The van der Waals surface area contributed by atoms with Gasteiger partial charge in [0.15, 0.2) is 0 Å². The fourth-order valence-corrected chi connectivity index (χ4v) is 3.45. The van der Waals surface area contributed by atoms with Crippen molar-refractivity contribution < 1.29 is 23.9 Å². The van der Waals surface area contributed by atoms with Gasteiger partial charge in [-0.1, -0.05) is 62.3 Å². The Bertz CT molecular complexity index is 672. The lowest BCUT2D eigenvalue weighted by Crippen LogP contribution is -2.52. The average molecular weight is 499 g/mol. The molecule has 0 saturated carbocycles. The van der Waals surface area contributed by atoms with Gasteiger partial charge in [-0.2, -0.15) is 0 Å². The second-order valence-electron chi connectivity index (χ2n) is 11.9. The van der Waals surface area contributed by atoms with Crippen molar-refractivity contribution in [2.75, 3.05) is 6.61 Å². The Labute approximate surface area is 214 Å². The van der Waals surface area contributed by atoms with Crippen molar-refractivity contribution in [3.8, 4) is 0 Å². The van der Waals surface area contributed by atoms with E-state index in [4.69, 9.17) is 9.47 Å². The minimum absolute atomic E-state index is 0.0508. The summed E-state index contributed by atoms with van der Waals surface area (Å²) in [6.45, 7) is 23.9. The first-order chi connectivity index (χ1) is 16.0. The number of carbonyl (C=O) groups is 3. The number of esters is 2. The van der Waals surface area contributed by atoms with Crippen LogP contribution in [0.4, 0.5) is 0 Å². The van der Waals surface area contributed by atoms with Crippen LogP contribution >= 0.6 is 0 Å². The maximum atomic E-state index is 12.9. The second kappa shape index (κ2) is 14.8. The van der Waals surface area contributed by atoms with Crippen LogP contribution in [0.15, 0.2) is 0 Å². The first kappa shape index (κ1) is 33.4. The minimum Gasteiger partial charge on any atom is -0.464 e. The number of hydrogen-bond donors (Lipinski definition) is 2. The number of rotatable bonds is 16. The summed E-state index contributed by atoms with van der Waals surface area (Å²) >= 11 is 0. The van der Waals surface area contributed by atoms with Crippen LogP contribution in [-0.4, -0.2) is 48.2 Å². The molecule has 0 aromatic carbocycles. The molecule has 1 amide bonds. The molecule has 0 aliphatic carbocycles. The van der Waals surface area contributed by atoms with Crippen LogP contribution in [0.2, 0.25) is 0 Å². The highest BCUT2D eigenvalue weighted by Gasteiger charge is 2.33. The summed E-state index contributed by atoms with van der Waals surface area (Å²) < 4.78 is 11.4. The van der Waals surface area contributed by atoms with E-state index in [9.17, 15) is 14.4 Å². The Morgan fingerprint density at radius 1 is 0.800 bits per heavy atom. The third-order valence-corrected chi connectivity index (χ3v) is 7.08. The van der Waals surface area contributed by atoms with Crippen LogP contribution in [0.5, 0.6) is 0 Å². The summed E-state index contributed by atoms with van der Waals surface area (Å²) in [6, 6.07) is -1.08. The maximum absolute atomic E-state index is 12.9. The van der Waals surface area contributed by atoms with Crippen LogP contribution in [-0.2, 0) is 23.9 Å². The molecule has 0 rings (SSSR count). The molecule has 4 atom stereocenters. The lowest BCUT2D eigenvalue weighted by Gasteiger charge is -2.33. The van der Waals surface area contributed by atoms with Gasteiger partial charge in [0.2, 0.25) is 5.91 Å². The summed E-state index contributed by atoms with van der Waals surface area (Å²) in [5.74, 6) is -0.759. The first-order valence-corrected chi connectivity index (χ1v) is 13.5. The number of amides is 1. The van der Waals surface area contributed by atoms with Crippen LogP contribution in [0.1, 0.15) is 109 Å². The molecule has 0 aliphatic heterocycles. The molecule has 206 valence electrons. The quantitative estimate of drug-likeness (QED) is 0.282. The van der Waals surface area contributed by atoms with Gasteiger partial charge in [-0.25, -0.2) is 4.79 Å². The van der Waals surface area contributed by atoms with Crippen molar-refractivity contribution in [3.63, 3.8) is 0 Å². The van der Waals surface area contributed by atoms with E-state index < -0.39 is 17.4 Å². The smallest absolute Gasteiger partial charge is 0.328 e. The van der Waals surface area contributed by atoms with Crippen LogP contribution in [0.3, 0.4) is 0 Å². The topological polar surface area (TPSA) is 93.7 Å². The third-order valence-electron chi connectivity index (χ3n) is 7.08. The van der Waals surface area contributed by atoms with Gasteiger partial charge in [-0.15, -0.1) is 0 Å². The molecule has 7 heteroatoms. The molecule has 0 saturated heterocycles. The molecule has 0 spiro atoms. The number of hydrogen-bond acceptors (Lipinski definition) is 6. The Kier molecular flexibility index (Phi) is 14.1. The predicted molar refractivity (Wildman–Crippen MR) is 142 cm³/mol. The molecular formula is C28H54N2O5. The van der Waals surface area contributed by atoms with Crippen molar-refractivity contribution in [1.29, 1.82) is 0 Å². The molecule has 0 aliphatic rings. The van der Waals surface area contributed by atoms with Crippen molar-refractivity contribution >= 4 is 17.8 Å². The highest BCUT2D eigenvalue weighted by atomic mass is 16.5. The molecule has 0 fully saturated rings. The lowest BCUT2D eigenvalue weighted by atomic mass is 9.88. The summed E-state index contributed by atoms with van der Waals surface area (Å²) in [4.78, 5) is 38.3. The normalized spacial score (nSPS) is 15.9. The van der Waals surface area contributed by atoms with Gasteiger partial charge in [0, 0.05) is 11.0 Å². The molecule has 4 unspecified atom stereocenters. The predicted octanol–water partition coefficient (Wildman–Crippen LogP) is 5.26. The molecule has 0 aromatic rings. The van der Waals surface area contributed by atoms with Gasteiger partial charge < -0.3 is 14.8 Å². The van der Waals surface area contributed by atoms with Crippen molar-refractivity contribution in [2.45, 2.75) is 132 Å². The number of ether oxygens (including phenoxy) is 2. The first-order valence-electron chi connectivity index (χ1n) is 13.5. The van der Waals surface area contributed by atoms with Crippen molar-refractivity contribution in [1.82, 2.24) is 10.6 Å². The minimum atomic E-state index is -0.694. The zero-order valence-electron chi connectivity index (χ0n) is 24.5. The number of carbonyl (C=O) groups excluding carboxylic acids is 3. The number of nitrogens with one attached hydrogen (secondary N) is 2. The van der Waals surface area contributed by atoms with Gasteiger partial charge in [0.05, 0.1) is 12.7 Å². The van der Waals surface area contributed by atoms with E-state index in [1.54, 1.807) is 0 Å². The lowest BCUT2D eigenvalue weighted by molar-refractivity contribution is -0.156. The van der Waals surface area contributed by atoms with E-state index in [-0.39, 0.29) is 53.9 Å². The van der Waals surface area contributed by atoms with Gasteiger partial charge in [-0.05, 0) is 64.2 Å². The maximum Gasteiger partial charge on any atom is 0.328 e. The highest BCUT2D eigenvalue weighted by Crippen LogP contribution is 2.21. The highest BCUT2D eigenvalue weighted by molar-refractivity contribution is 5.87. The molecule has 0 heterocycles. The SMILES string of the molecule is CCC(COC(=O)C(NC(=O)C(C)(C)CC)C(C)C)CC(C)OC(=O)C(NC(C)(C)CC)C(C)C. The zero-order chi connectivity index (χ0) is 27.6. The van der Waals surface area contributed by atoms with E-state index >= 15 is 0 Å². The molecule has 2 N–H and O–H groups in total. The molecule has 0 radical (unpaired) electrons. The van der Waals surface area contributed by atoms with Gasteiger partial charge in [0.1, 0.15) is 12.1 Å². The Morgan fingerprint density at radius 3 is 1.77 bits per heavy atom. The Morgan fingerprint density at radius 2 is 1.34 bits per heavy atom. The third kappa shape index (κ3) is 11.8. The van der Waals surface area contributed by atoms with Crippen molar-refractivity contribution in [3.05, 3.63) is 0 Å². The fourth-order valence-electron chi connectivity index (χ4n) is 3.45. The Balaban J connectivity index is 5.01. The molecule has 7 nitrogen and oxygen atoms in total. The van der Waals surface area contributed by atoms with E-state index in [0.717, 1.165) is 12.8 Å². The van der Waals surface area contributed by atoms with Crippen LogP contribution in [0.25, 0.3) is 0 Å². The van der Waals surface area contributed by atoms with E-state index in [0.29, 0.717) is 12.8 Å². The van der Waals surface area contributed by atoms with Crippen molar-refractivity contribution in [2.24, 2.45) is 23.2 Å². The standard InChI is InChI=1S/C28H54N2O5/c1-13-21(16-20(8)35-25(32)23(19(6)7)30-28(11,12)15-3)17-34-24(31)22(18(4)5)29-26(33)27(9,10)14-2/h18-23,30H,13-17H2,1-12H3,(H,29,33). The summed E-state index contributed by atoms with van der Waals surface area (Å²) in [6.07, 6.45) is 2.65. The van der Waals surface area contributed by atoms with Crippen LogP contribution < -0.4 is 10.6 Å². The summed E-state index contributed by atoms with van der Waals surface area (Å²) in [5.41, 5.74) is -0.709. The van der Waals surface area contributed by atoms with Gasteiger partial charge in [0.25, 0.3) is 0 Å². The molecular weight excluding hydrogens is 444 g/mol. The Hall–Kier alpha value is -1.63. The summed E-state index contributed by atoms with van der Waals surface area (Å²) in [5, 5.41) is 6.30. The second-order valence-corrected chi connectivity index (χ2v) is 11.9. The van der Waals surface area contributed by atoms with Gasteiger partial charge >= 0.3 is 11.9 Å². The van der Waals surface area contributed by atoms with Crippen LogP contribution in [0, 0.1) is 23.2 Å². The molecule has 0 bridgehead atoms. The van der Waals surface area contributed by atoms with E-state index in [2.05, 4.69) is 31.4 Å². The zero-order valence-corrected chi connectivity index (χ0v) is 24.5. The molecule has 0 aromatic heterocycles. The van der Waals surface area contributed by atoms with E-state index in [1.807, 2.05) is 62.3 Å². The van der Waals surface area contributed by atoms with Gasteiger partial charge in [-0.3, -0.25) is 14.9 Å². The molecule has 35 heavy (non-hydrogen) atoms. The van der Waals surface area contributed by atoms with E-state index in [1.165, 1.54) is 0 Å².